The molecule has 144 valence electrons. The first-order valence-electron chi connectivity index (χ1n) is 9.63. The first-order valence-corrected chi connectivity index (χ1v) is 10.0. The Kier molecular flexibility index (Phi) is 4.25. The number of fused-ring (bicyclic) bond motifs is 2. The first kappa shape index (κ1) is 17.5. The number of nitrogens with zero attached hydrogens (tertiary/aromatic N) is 4. The third kappa shape index (κ3) is 3.02. The number of aromatic nitrogens is 4. The minimum Gasteiger partial charge on any atom is -0.371 e. The largest absolute Gasteiger partial charge is 0.371 e. The van der Waals surface area contributed by atoms with E-state index in [-0.39, 0.29) is 0 Å². The molecule has 1 saturated heterocycles. The van der Waals surface area contributed by atoms with Gasteiger partial charge in [-0.25, -0.2) is 4.98 Å². The normalized spacial score (nSPS) is 16.2. The van der Waals surface area contributed by atoms with Gasteiger partial charge in [-0.1, -0.05) is 11.6 Å². The lowest BCUT2D eigenvalue weighted by Gasteiger charge is -2.36. The molecule has 6 nitrogen and oxygen atoms in total. The Balaban J connectivity index is 1.48. The summed E-state index contributed by atoms with van der Waals surface area (Å²) >= 11 is 6.08. The van der Waals surface area contributed by atoms with Crippen molar-refractivity contribution in [2.45, 2.75) is 18.9 Å². The molecule has 4 aromatic rings. The highest BCUT2D eigenvalue weighted by molar-refractivity contribution is 6.31. The summed E-state index contributed by atoms with van der Waals surface area (Å²) in [6.07, 6.45) is 2.39. The van der Waals surface area contributed by atoms with E-state index in [2.05, 4.69) is 57.3 Å². The Labute approximate surface area is 168 Å². The van der Waals surface area contributed by atoms with Crippen LogP contribution in [0.25, 0.3) is 33.5 Å². The van der Waals surface area contributed by atoms with Crippen molar-refractivity contribution in [1.29, 1.82) is 0 Å². The van der Waals surface area contributed by atoms with Gasteiger partial charge in [0.25, 0.3) is 0 Å². The van der Waals surface area contributed by atoms with Crippen molar-refractivity contribution >= 4 is 39.2 Å². The summed E-state index contributed by atoms with van der Waals surface area (Å²) in [5.41, 5.74) is 4.91. The maximum atomic E-state index is 6.08. The molecule has 0 amide bonds. The van der Waals surface area contributed by atoms with Gasteiger partial charge in [-0.05, 0) is 69.4 Å². The molecule has 0 radical (unpaired) electrons. The molecule has 1 aliphatic rings. The van der Waals surface area contributed by atoms with Crippen molar-refractivity contribution in [2.24, 2.45) is 0 Å². The molecule has 0 bridgehead atoms. The van der Waals surface area contributed by atoms with E-state index in [1.54, 1.807) is 0 Å². The lowest BCUT2D eigenvalue weighted by molar-refractivity contribution is 0.253. The Morgan fingerprint density at radius 3 is 2.75 bits per heavy atom. The highest BCUT2D eigenvalue weighted by atomic mass is 35.5. The summed E-state index contributed by atoms with van der Waals surface area (Å²) in [4.78, 5) is 13.0. The van der Waals surface area contributed by atoms with Crippen LogP contribution >= 0.6 is 11.6 Å². The quantitative estimate of drug-likeness (QED) is 0.544. The average molecular weight is 395 g/mol. The van der Waals surface area contributed by atoms with E-state index in [0.717, 1.165) is 46.5 Å². The Morgan fingerprint density at radius 2 is 1.93 bits per heavy atom. The summed E-state index contributed by atoms with van der Waals surface area (Å²) in [6.45, 7) is 2.31. The molecular weight excluding hydrogens is 372 g/mol. The molecule has 0 atom stereocenters. The van der Waals surface area contributed by atoms with Crippen LogP contribution in [0.3, 0.4) is 0 Å². The van der Waals surface area contributed by atoms with Gasteiger partial charge in [0.1, 0.15) is 5.69 Å². The van der Waals surface area contributed by atoms with Crippen molar-refractivity contribution < 1.29 is 0 Å². The Morgan fingerprint density at radius 1 is 1.11 bits per heavy atom. The third-order valence-electron chi connectivity index (χ3n) is 5.86. The standard InChI is InChI=1S/C21H23ClN6/c1-27-9-7-14(8-10-27)28(2)15-4-6-17-19(12-15)24-21(23-17)20-16-5-3-13(22)11-18(16)25-26-20/h3-6,11-12,14H,7-10H2,1-2H3,(H,23,24)(H,25,26). The van der Waals surface area contributed by atoms with Crippen LogP contribution < -0.4 is 4.90 Å². The highest BCUT2D eigenvalue weighted by Crippen LogP contribution is 2.30. The molecule has 7 heteroatoms. The predicted octanol–water partition coefficient (Wildman–Crippen LogP) is 4.29. The van der Waals surface area contributed by atoms with E-state index < -0.39 is 0 Å². The third-order valence-corrected chi connectivity index (χ3v) is 6.09. The number of aromatic amines is 2. The van der Waals surface area contributed by atoms with Crippen LogP contribution in [0, 0.1) is 0 Å². The minimum absolute atomic E-state index is 0.580. The Hall–Kier alpha value is -2.57. The summed E-state index contributed by atoms with van der Waals surface area (Å²) < 4.78 is 0. The van der Waals surface area contributed by atoms with Crippen LogP contribution in [0.2, 0.25) is 5.02 Å². The Bertz CT molecular complexity index is 1140. The second kappa shape index (κ2) is 6.79. The maximum Gasteiger partial charge on any atom is 0.159 e. The molecule has 0 spiro atoms. The number of hydrogen-bond donors (Lipinski definition) is 2. The fourth-order valence-corrected chi connectivity index (χ4v) is 4.27. The number of benzene rings is 2. The van der Waals surface area contributed by atoms with E-state index in [1.165, 1.54) is 18.5 Å². The van der Waals surface area contributed by atoms with Gasteiger partial charge in [0, 0.05) is 29.2 Å². The van der Waals surface area contributed by atoms with Crippen LogP contribution in [-0.2, 0) is 0 Å². The molecule has 5 rings (SSSR count). The van der Waals surface area contributed by atoms with Gasteiger partial charge >= 0.3 is 0 Å². The van der Waals surface area contributed by atoms with Crippen LogP contribution in [-0.4, -0.2) is 58.3 Å². The number of likely N-dealkylation sites (tertiary alicyclic amines) is 1. The molecule has 2 N–H and O–H groups in total. The van der Waals surface area contributed by atoms with E-state index in [1.807, 2.05) is 18.2 Å². The van der Waals surface area contributed by atoms with Crippen molar-refractivity contribution in [1.82, 2.24) is 25.1 Å². The van der Waals surface area contributed by atoms with Crippen LogP contribution in [0.1, 0.15) is 12.8 Å². The zero-order valence-corrected chi connectivity index (χ0v) is 16.8. The van der Waals surface area contributed by atoms with Gasteiger partial charge in [0.2, 0.25) is 0 Å². The van der Waals surface area contributed by atoms with Crippen molar-refractivity contribution in [2.75, 3.05) is 32.1 Å². The van der Waals surface area contributed by atoms with Gasteiger partial charge in [-0.3, -0.25) is 5.10 Å². The van der Waals surface area contributed by atoms with Gasteiger partial charge in [-0.2, -0.15) is 5.10 Å². The summed E-state index contributed by atoms with van der Waals surface area (Å²) in [5, 5.41) is 9.18. The molecule has 2 aromatic carbocycles. The summed E-state index contributed by atoms with van der Waals surface area (Å²) in [6, 6.07) is 12.7. The SMILES string of the molecule is CN1CCC(N(C)c2ccc3nc(-c4n[nH]c5cc(Cl)ccc45)[nH]c3c2)CC1. The number of imidazole rings is 1. The molecule has 0 unspecified atom stereocenters. The van der Waals surface area contributed by atoms with Gasteiger partial charge in [0.05, 0.1) is 16.6 Å². The number of rotatable bonds is 3. The topological polar surface area (TPSA) is 63.8 Å². The molecule has 2 aromatic heterocycles. The molecule has 1 fully saturated rings. The lowest BCUT2D eigenvalue weighted by Crippen LogP contribution is -2.41. The van der Waals surface area contributed by atoms with E-state index >= 15 is 0 Å². The predicted molar refractivity (Wildman–Crippen MR) is 115 cm³/mol. The van der Waals surface area contributed by atoms with Gasteiger partial charge < -0.3 is 14.8 Å². The molecule has 1 aliphatic heterocycles. The fourth-order valence-electron chi connectivity index (χ4n) is 4.09. The molecular formula is C21H23ClN6. The van der Waals surface area contributed by atoms with E-state index in [9.17, 15) is 0 Å². The number of halogens is 1. The highest BCUT2D eigenvalue weighted by Gasteiger charge is 2.21. The maximum absolute atomic E-state index is 6.08. The van der Waals surface area contributed by atoms with Crippen molar-refractivity contribution in [3.05, 3.63) is 41.4 Å². The number of piperidine rings is 1. The van der Waals surface area contributed by atoms with E-state index in [4.69, 9.17) is 16.6 Å². The summed E-state index contributed by atoms with van der Waals surface area (Å²) in [5.74, 6) is 0.766. The van der Waals surface area contributed by atoms with Crippen molar-refractivity contribution in [3.8, 4) is 11.5 Å². The monoisotopic (exact) mass is 394 g/mol. The summed E-state index contributed by atoms with van der Waals surface area (Å²) in [7, 11) is 4.39. The van der Waals surface area contributed by atoms with Gasteiger partial charge in [-0.15, -0.1) is 0 Å². The minimum atomic E-state index is 0.580. The molecule has 0 saturated carbocycles. The first-order chi connectivity index (χ1) is 13.6. The number of anilines is 1. The number of nitrogens with one attached hydrogen (secondary N) is 2. The number of H-pyrrole nitrogens is 2. The zero-order valence-electron chi connectivity index (χ0n) is 16.0. The average Bonchev–Trinajstić information content (AvgIpc) is 3.30. The van der Waals surface area contributed by atoms with Crippen molar-refractivity contribution in [3.63, 3.8) is 0 Å². The van der Waals surface area contributed by atoms with Crippen LogP contribution in [0.15, 0.2) is 36.4 Å². The molecule has 0 aliphatic carbocycles. The second-order valence-corrected chi connectivity index (χ2v) is 8.13. The second-order valence-electron chi connectivity index (χ2n) is 7.69. The van der Waals surface area contributed by atoms with E-state index in [0.29, 0.717) is 11.1 Å². The fraction of sp³-hybridized carbons (Fsp3) is 0.333. The smallest absolute Gasteiger partial charge is 0.159 e. The van der Waals surface area contributed by atoms with Crippen LogP contribution in [0.5, 0.6) is 0 Å². The lowest BCUT2D eigenvalue weighted by atomic mass is 10.0. The van der Waals surface area contributed by atoms with Crippen LogP contribution in [0.4, 0.5) is 5.69 Å². The molecule has 28 heavy (non-hydrogen) atoms. The van der Waals surface area contributed by atoms with Gasteiger partial charge in [0.15, 0.2) is 5.82 Å². The number of hydrogen-bond acceptors (Lipinski definition) is 4. The molecule has 3 heterocycles. The zero-order chi connectivity index (χ0) is 19.3.